The van der Waals surface area contributed by atoms with Crippen molar-refractivity contribution in [2.45, 2.75) is 19.8 Å². The van der Waals surface area contributed by atoms with Crippen LogP contribution in [-0.4, -0.2) is 33.7 Å². The summed E-state index contributed by atoms with van der Waals surface area (Å²) in [6.07, 6.45) is 2.87. The number of aromatic amines is 1. The maximum atomic E-state index is 11.9. The third kappa shape index (κ3) is 3.34. The Morgan fingerprint density at radius 1 is 1.45 bits per heavy atom. The first-order valence-electron chi connectivity index (χ1n) is 6.52. The summed E-state index contributed by atoms with van der Waals surface area (Å²) in [6.45, 7) is 2.14. The Labute approximate surface area is 116 Å². The maximum absolute atomic E-state index is 11.9. The van der Waals surface area contributed by atoms with Crippen LogP contribution >= 0.6 is 0 Å². The minimum absolute atomic E-state index is 0.156. The molecule has 0 spiro atoms. The van der Waals surface area contributed by atoms with E-state index in [9.17, 15) is 9.59 Å². The van der Waals surface area contributed by atoms with Crippen LogP contribution in [0.25, 0.3) is 10.9 Å². The number of hydrogen-bond donors (Lipinski definition) is 3. The van der Waals surface area contributed by atoms with E-state index in [2.05, 4.69) is 15.5 Å². The number of fused-ring (bicyclic) bond motifs is 1. The number of amides is 1. The van der Waals surface area contributed by atoms with Gasteiger partial charge in [-0.3, -0.25) is 14.7 Å². The number of carbonyl (C=O) groups is 2. The van der Waals surface area contributed by atoms with Crippen molar-refractivity contribution in [1.82, 2.24) is 15.5 Å². The van der Waals surface area contributed by atoms with Crippen LogP contribution in [0.3, 0.4) is 0 Å². The predicted octanol–water partition coefficient (Wildman–Crippen LogP) is 1.79. The highest BCUT2D eigenvalue weighted by Crippen LogP contribution is 2.12. The van der Waals surface area contributed by atoms with E-state index in [1.807, 2.05) is 6.07 Å². The number of benzene rings is 1. The molecule has 1 heterocycles. The summed E-state index contributed by atoms with van der Waals surface area (Å²) >= 11 is 0. The molecule has 2 aromatic rings. The first-order valence-corrected chi connectivity index (χ1v) is 6.52. The molecule has 0 radical (unpaired) electrons. The summed E-state index contributed by atoms with van der Waals surface area (Å²) < 4.78 is 0. The Morgan fingerprint density at radius 3 is 3.00 bits per heavy atom. The van der Waals surface area contributed by atoms with Crippen molar-refractivity contribution >= 4 is 22.8 Å². The van der Waals surface area contributed by atoms with Gasteiger partial charge in [0.05, 0.1) is 17.6 Å². The lowest BCUT2D eigenvalue weighted by molar-refractivity contribution is -0.141. The first kappa shape index (κ1) is 14.0. The van der Waals surface area contributed by atoms with E-state index in [1.165, 1.54) is 0 Å². The fraction of sp³-hybridized carbons (Fsp3) is 0.357. The van der Waals surface area contributed by atoms with Crippen molar-refractivity contribution < 1.29 is 14.7 Å². The smallest absolute Gasteiger partial charge is 0.306 e. The second-order valence-corrected chi connectivity index (χ2v) is 4.81. The van der Waals surface area contributed by atoms with Crippen molar-refractivity contribution in [2.24, 2.45) is 5.92 Å². The molecule has 6 nitrogen and oxygen atoms in total. The Morgan fingerprint density at radius 2 is 2.25 bits per heavy atom. The van der Waals surface area contributed by atoms with Crippen molar-refractivity contribution in [3.05, 3.63) is 30.0 Å². The molecule has 1 unspecified atom stereocenters. The van der Waals surface area contributed by atoms with Gasteiger partial charge in [-0.15, -0.1) is 0 Å². The van der Waals surface area contributed by atoms with Gasteiger partial charge in [-0.25, -0.2) is 0 Å². The zero-order valence-corrected chi connectivity index (χ0v) is 11.2. The average molecular weight is 275 g/mol. The summed E-state index contributed by atoms with van der Waals surface area (Å²) in [4.78, 5) is 22.6. The van der Waals surface area contributed by atoms with Crippen LogP contribution < -0.4 is 5.32 Å². The molecular weight excluding hydrogens is 258 g/mol. The third-order valence-electron chi connectivity index (χ3n) is 3.22. The highest BCUT2D eigenvalue weighted by atomic mass is 16.4. The lowest BCUT2D eigenvalue weighted by Gasteiger charge is -2.07. The summed E-state index contributed by atoms with van der Waals surface area (Å²) in [5, 5.41) is 19.2. The van der Waals surface area contributed by atoms with Crippen molar-refractivity contribution in [3.8, 4) is 0 Å². The summed E-state index contributed by atoms with van der Waals surface area (Å²) in [5.74, 6) is -1.34. The number of rotatable bonds is 6. The molecule has 2 rings (SSSR count). The molecule has 6 heteroatoms. The van der Waals surface area contributed by atoms with Gasteiger partial charge in [-0.05, 0) is 31.0 Å². The van der Waals surface area contributed by atoms with E-state index in [0.717, 1.165) is 10.9 Å². The highest BCUT2D eigenvalue weighted by molar-refractivity contribution is 5.97. The van der Waals surface area contributed by atoms with E-state index in [-0.39, 0.29) is 11.8 Å². The molecule has 0 saturated carbocycles. The predicted molar refractivity (Wildman–Crippen MR) is 74.5 cm³/mol. The fourth-order valence-corrected chi connectivity index (χ4v) is 1.92. The molecule has 1 atom stereocenters. The number of nitrogens with zero attached hydrogens (tertiary/aromatic N) is 1. The number of carbonyl (C=O) groups excluding carboxylic acids is 1. The standard InChI is InChI=1S/C14H17N3O3/c1-9(14(19)20)3-2-6-15-13(18)10-4-5-12-11(7-10)8-16-17-12/h4-5,7-9H,2-3,6H2,1H3,(H,15,18)(H,16,17)(H,19,20). The van der Waals surface area contributed by atoms with E-state index in [0.29, 0.717) is 24.9 Å². The minimum Gasteiger partial charge on any atom is -0.481 e. The van der Waals surface area contributed by atoms with Crippen molar-refractivity contribution in [3.63, 3.8) is 0 Å². The Kier molecular flexibility index (Phi) is 4.34. The normalized spacial score (nSPS) is 12.2. The largest absolute Gasteiger partial charge is 0.481 e. The van der Waals surface area contributed by atoms with Gasteiger partial charge >= 0.3 is 5.97 Å². The molecule has 1 aromatic heterocycles. The summed E-state index contributed by atoms with van der Waals surface area (Å²) in [5.41, 5.74) is 1.46. The number of carboxylic acids is 1. The quantitative estimate of drug-likeness (QED) is 0.700. The van der Waals surface area contributed by atoms with Crippen LogP contribution in [0.5, 0.6) is 0 Å². The van der Waals surface area contributed by atoms with Gasteiger partial charge in [0.1, 0.15) is 0 Å². The number of nitrogens with one attached hydrogen (secondary N) is 2. The summed E-state index contributed by atoms with van der Waals surface area (Å²) in [6, 6.07) is 5.31. The fourth-order valence-electron chi connectivity index (χ4n) is 1.92. The van der Waals surface area contributed by atoms with Gasteiger partial charge < -0.3 is 10.4 Å². The topological polar surface area (TPSA) is 95.1 Å². The third-order valence-corrected chi connectivity index (χ3v) is 3.22. The van der Waals surface area contributed by atoms with Gasteiger partial charge in [0.25, 0.3) is 5.91 Å². The molecule has 1 aromatic carbocycles. The van der Waals surface area contributed by atoms with Crippen LogP contribution in [0.4, 0.5) is 0 Å². The number of hydrogen-bond acceptors (Lipinski definition) is 3. The van der Waals surface area contributed by atoms with E-state index in [1.54, 1.807) is 25.3 Å². The Balaban J connectivity index is 1.84. The molecule has 0 saturated heterocycles. The molecule has 0 aliphatic carbocycles. The molecule has 106 valence electrons. The zero-order chi connectivity index (χ0) is 14.5. The SMILES string of the molecule is CC(CCCNC(=O)c1ccc2[nH]ncc2c1)C(=O)O. The lowest BCUT2D eigenvalue weighted by atomic mass is 10.1. The van der Waals surface area contributed by atoms with Gasteiger partial charge in [0.15, 0.2) is 0 Å². The second kappa shape index (κ2) is 6.18. The number of aromatic nitrogens is 2. The van der Waals surface area contributed by atoms with Gasteiger partial charge in [0.2, 0.25) is 0 Å². The van der Waals surface area contributed by atoms with E-state index < -0.39 is 5.97 Å². The Bertz CT molecular complexity index is 621. The molecule has 0 fully saturated rings. The van der Waals surface area contributed by atoms with Crippen molar-refractivity contribution in [2.75, 3.05) is 6.54 Å². The van der Waals surface area contributed by atoms with Gasteiger partial charge in [-0.1, -0.05) is 6.92 Å². The first-order chi connectivity index (χ1) is 9.58. The lowest BCUT2D eigenvalue weighted by Crippen LogP contribution is -2.25. The minimum atomic E-state index is -0.804. The van der Waals surface area contributed by atoms with Crippen LogP contribution in [0, 0.1) is 5.92 Å². The molecule has 1 amide bonds. The van der Waals surface area contributed by atoms with Gasteiger partial charge in [0, 0.05) is 17.5 Å². The van der Waals surface area contributed by atoms with Crippen LogP contribution in [0.2, 0.25) is 0 Å². The van der Waals surface area contributed by atoms with Crippen LogP contribution in [0.15, 0.2) is 24.4 Å². The van der Waals surface area contributed by atoms with Gasteiger partial charge in [-0.2, -0.15) is 5.10 Å². The zero-order valence-electron chi connectivity index (χ0n) is 11.2. The number of H-pyrrole nitrogens is 1. The summed E-state index contributed by atoms with van der Waals surface area (Å²) in [7, 11) is 0. The highest BCUT2D eigenvalue weighted by Gasteiger charge is 2.11. The van der Waals surface area contributed by atoms with Crippen molar-refractivity contribution in [1.29, 1.82) is 0 Å². The molecule has 0 aliphatic heterocycles. The van der Waals surface area contributed by atoms with E-state index >= 15 is 0 Å². The van der Waals surface area contributed by atoms with Crippen LogP contribution in [0.1, 0.15) is 30.1 Å². The molecule has 0 aliphatic rings. The monoisotopic (exact) mass is 275 g/mol. The van der Waals surface area contributed by atoms with E-state index in [4.69, 9.17) is 5.11 Å². The Hall–Kier alpha value is -2.37. The number of aliphatic carboxylic acids is 1. The average Bonchev–Trinajstić information content (AvgIpc) is 2.90. The maximum Gasteiger partial charge on any atom is 0.306 e. The molecular formula is C14H17N3O3. The molecule has 0 bridgehead atoms. The van der Waals surface area contributed by atoms with Crippen LogP contribution in [-0.2, 0) is 4.79 Å². The second-order valence-electron chi connectivity index (χ2n) is 4.81. The molecule has 20 heavy (non-hydrogen) atoms. The number of carboxylic acid groups (broad SMARTS) is 1. The molecule has 3 N–H and O–H groups in total.